The van der Waals surface area contributed by atoms with Crippen molar-refractivity contribution in [2.75, 3.05) is 0 Å². The number of aromatic nitrogens is 3. The first-order valence-electron chi connectivity index (χ1n) is 7.50. The Morgan fingerprint density at radius 3 is 2.74 bits per heavy atom. The molecule has 0 saturated carbocycles. The van der Waals surface area contributed by atoms with Gasteiger partial charge in [-0.2, -0.15) is 0 Å². The fourth-order valence-electron chi connectivity index (χ4n) is 2.52. The van der Waals surface area contributed by atoms with Crippen LogP contribution in [0, 0.1) is 6.92 Å². The van der Waals surface area contributed by atoms with Gasteiger partial charge in [-0.3, -0.25) is 0 Å². The summed E-state index contributed by atoms with van der Waals surface area (Å²) in [5.41, 5.74) is 1.90. The van der Waals surface area contributed by atoms with Crippen LogP contribution < -0.4 is 0 Å². The van der Waals surface area contributed by atoms with Crippen LogP contribution in [0.25, 0.3) is 11.0 Å². The average molecular weight is 331 g/mol. The van der Waals surface area contributed by atoms with Gasteiger partial charge >= 0.3 is 0 Å². The highest BCUT2D eigenvalue weighted by atomic mass is 32.2. The maximum Gasteiger partial charge on any atom is 0.269 e. The lowest BCUT2D eigenvalue weighted by Crippen LogP contribution is -2.16. The average Bonchev–Trinajstić information content (AvgIpc) is 2.85. The molecule has 0 aliphatic carbocycles. The lowest BCUT2D eigenvalue weighted by molar-refractivity contribution is 0.595. The van der Waals surface area contributed by atoms with E-state index < -0.39 is 10.0 Å². The monoisotopic (exact) mass is 331 g/mol. The molecule has 2 heterocycles. The van der Waals surface area contributed by atoms with Gasteiger partial charge in [0.2, 0.25) is 0 Å². The van der Waals surface area contributed by atoms with Crippen molar-refractivity contribution in [3.8, 4) is 0 Å². The number of fused-ring (bicyclic) bond motifs is 1. The van der Waals surface area contributed by atoms with Crippen LogP contribution in [0.2, 0.25) is 0 Å². The second kappa shape index (κ2) is 6.91. The molecule has 0 unspecified atom stereocenters. The summed E-state index contributed by atoms with van der Waals surface area (Å²) in [4.78, 5) is 8.67. The maximum atomic E-state index is 13.0. The number of hydrogen-bond donors (Lipinski definition) is 0. The van der Waals surface area contributed by atoms with Crippen molar-refractivity contribution in [3.63, 3.8) is 0 Å². The van der Waals surface area contributed by atoms with E-state index in [1.807, 2.05) is 6.07 Å². The van der Waals surface area contributed by atoms with Gasteiger partial charge in [-0.25, -0.2) is 22.4 Å². The number of hydrogen-bond acceptors (Lipinski definition) is 4. The number of aryl methyl sites for hydroxylation is 2. The Kier molecular flexibility index (Phi) is 5.15. The molecule has 0 N–H and O–H groups in total. The second-order valence-electron chi connectivity index (χ2n) is 5.17. The predicted molar refractivity (Wildman–Crippen MR) is 93.7 cm³/mol. The molecule has 0 bridgehead atoms. The normalized spacial score (nSPS) is 13.1. The summed E-state index contributed by atoms with van der Waals surface area (Å²) < 4.78 is 27.3. The van der Waals surface area contributed by atoms with Gasteiger partial charge in [0.1, 0.15) is 6.33 Å². The molecule has 0 aliphatic rings. The zero-order chi connectivity index (χ0) is 17.0. The second-order valence-corrected chi connectivity index (χ2v) is 6.95. The minimum atomic E-state index is -3.74. The van der Waals surface area contributed by atoms with Crippen LogP contribution >= 0.6 is 0 Å². The van der Waals surface area contributed by atoms with E-state index in [1.165, 1.54) is 22.5 Å². The molecule has 23 heavy (non-hydrogen) atoms. The molecule has 0 fully saturated rings. The fourth-order valence-corrected chi connectivity index (χ4v) is 4.11. The highest BCUT2D eigenvalue weighted by Gasteiger charge is 2.24. The van der Waals surface area contributed by atoms with E-state index in [2.05, 4.69) is 23.5 Å². The largest absolute Gasteiger partial charge is 0.269 e. The van der Waals surface area contributed by atoms with Crippen LogP contribution in [0.5, 0.6) is 0 Å². The van der Waals surface area contributed by atoms with Gasteiger partial charge in [-0.1, -0.05) is 32.1 Å². The molecule has 0 radical (unpaired) electrons. The topological polar surface area (TPSA) is 64.8 Å². The van der Waals surface area contributed by atoms with E-state index in [0.29, 0.717) is 11.3 Å². The summed E-state index contributed by atoms with van der Waals surface area (Å²) in [6.45, 7) is 9.18. The van der Waals surface area contributed by atoms with Crippen molar-refractivity contribution >= 4 is 21.1 Å². The lowest BCUT2D eigenvalue weighted by atomic mass is 10.2. The molecule has 0 aromatic carbocycles. The molecule has 122 valence electrons. The molecule has 2 aromatic rings. The van der Waals surface area contributed by atoms with E-state index in [1.54, 1.807) is 26.0 Å². The van der Waals surface area contributed by atoms with Crippen molar-refractivity contribution < 1.29 is 8.42 Å². The summed E-state index contributed by atoms with van der Waals surface area (Å²) in [7, 11) is -3.74. The predicted octanol–water partition coefficient (Wildman–Crippen LogP) is 3.52. The lowest BCUT2D eigenvalue weighted by Gasteiger charge is -2.10. The Morgan fingerprint density at radius 2 is 2.13 bits per heavy atom. The molecular formula is C17H21N3O2S. The van der Waals surface area contributed by atoms with Crippen LogP contribution in [-0.2, 0) is 16.4 Å². The van der Waals surface area contributed by atoms with E-state index >= 15 is 0 Å². The van der Waals surface area contributed by atoms with E-state index in [9.17, 15) is 8.42 Å². The van der Waals surface area contributed by atoms with E-state index in [0.717, 1.165) is 23.9 Å². The quantitative estimate of drug-likeness (QED) is 0.760. The Hall–Kier alpha value is -2.21. The van der Waals surface area contributed by atoms with Gasteiger partial charge in [0.05, 0.1) is 10.6 Å². The molecule has 6 heteroatoms. The third-order valence-electron chi connectivity index (χ3n) is 3.45. The number of nitrogens with zero attached hydrogens (tertiary/aromatic N) is 3. The van der Waals surface area contributed by atoms with Gasteiger partial charge in [0.25, 0.3) is 10.0 Å². The molecule has 5 nitrogen and oxygen atoms in total. The number of allylic oxidation sites excluding steroid dienone is 4. The Labute approximate surface area is 137 Å². The van der Waals surface area contributed by atoms with Crippen LogP contribution in [-0.4, -0.2) is 22.4 Å². The van der Waals surface area contributed by atoms with Gasteiger partial charge in [0, 0.05) is 11.1 Å². The fraction of sp³-hybridized carbons (Fsp3) is 0.294. The summed E-state index contributed by atoms with van der Waals surface area (Å²) in [5.74, 6) is 0. The molecular weight excluding hydrogens is 310 g/mol. The Bertz CT molecular complexity index is 890. The maximum absolute atomic E-state index is 13.0. The summed E-state index contributed by atoms with van der Waals surface area (Å²) in [6, 6.07) is 1.83. The Balaban J connectivity index is 2.77. The first-order valence-corrected chi connectivity index (χ1v) is 8.94. The van der Waals surface area contributed by atoms with Crippen molar-refractivity contribution in [3.05, 3.63) is 59.6 Å². The zero-order valence-corrected chi connectivity index (χ0v) is 14.5. The first kappa shape index (κ1) is 17.1. The molecule has 0 amide bonds. The van der Waals surface area contributed by atoms with Crippen molar-refractivity contribution in [2.45, 2.75) is 33.6 Å². The van der Waals surface area contributed by atoms with E-state index in [4.69, 9.17) is 0 Å². The van der Waals surface area contributed by atoms with Crippen LogP contribution in [0.15, 0.2) is 48.2 Å². The third kappa shape index (κ3) is 3.12. The van der Waals surface area contributed by atoms with Crippen molar-refractivity contribution in [1.82, 2.24) is 13.9 Å². The molecule has 0 atom stereocenters. The SMILES string of the molecule is C=C/C=C(\C=C/C)S(=O)(=O)n1c(C)cc2c(CCC)ncnc21. The van der Waals surface area contributed by atoms with Crippen molar-refractivity contribution in [2.24, 2.45) is 0 Å². The number of rotatable bonds is 6. The summed E-state index contributed by atoms with van der Waals surface area (Å²) >= 11 is 0. The smallest absolute Gasteiger partial charge is 0.241 e. The van der Waals surface area contributed by atoms with Gasteiger partial charge in [-0.15, -0.1) is 0 Å². The Morgan fingerprint density at radius 1 is 1.39 bits per heavy atom. The summed E-state index contributed by atoms with van der Waals surface area (Å²) in [5, 5.41) is 0.786. The summed E-state index contributed by atoms with van der Waals surface area (Å²) in [6.07, 6.45) is 9.32. The molecule has 0 spiro atoms. The van der Waals surface area contributed by atoms with Crippen LogP contribution in [0.1, 0.15) is 31.7 Å². The molecule has 0 saturated heterocycles. The standard InChI is InChI=1S/C17H21N3O2S/c1-5-8-14(9-6-2)23(21,22)20-13(4)11-15-16(10-7-3)18-12-19-17(15)20/h5-6,8-9,11-12H,1,7,10H2,2-4H3/b9-6-,14-8+. The van der Waals surface area contributed by atoms with E-state index in [-0.39, 0.29) is 4.91 Å². The zero-order valence-electron chi connectivity index (χ0n) is 13.7. The van der Waals surface area contributed by atoms with Crippen LogP contribution in [0.3, 0.4) is 0 Å². The van der Waals surface area contributed by atoms with Crippen LogP contribution in [0.4, 0.5) is 0 Å². The van der Waals surface area contributed by atoms with Gasteiger partial charge in [-0.05, 0) is 38.5 Å². The van der Waals surface area contributed by atoms with Gasteiger partial charge < -0.3 is 0 Å². The first-order chi connectivity index (χ1) is 11.0. The minimum absolute atomic E-state index is 0.172. The molecule has 2 rings (SSSR count). The molecule has 2 aromatic heterocycles. The van der Waals surface area contributed by atoms with Gasteiger partial charge in [0.15, 0.2) is 5.65 Å². The molecule has 0 aliphatic heterocycles. The third-order valence-corrected chi connectivity index (χ3v) is 5.26. The highest BCUT2D eigenvalue weighted by molar-refractivity contribution is 7.94. The highest BCUT2D eigenvalue weighted by Crippen LogP contribution is 2.26. The van der Waals surface area contributed by atoms with Crippen molar-refractivity contribution in [1.29, 1.82) is 0 Å². The minimum Gasteiger partial charge on any atom is -0.241 e.